The van der Waals surface area contributed by atoms with Gasteiger partial charge in [0.2, 0.25) is 0 Å². The van der Waals surface area contributed by atoms with Crippen LogP contribution >= 0.6 is 0 Å². The molecule has 2 aromatic rings. The number of aromatic nitrogens is 4. The minimum absolute atomic E-state index is 0.0257. The molecule has 0 spiro atoms. The molecule has 0 unspecified atom stereocenters. The number of nitrogens with one attached hydrogen (secondary N) is 1. The van der Waals surface area contributed by atoms with Crippen molar-refractivity contribution in [3.05, 3.63) is 46.8 Å². The van der Waals surface area contributed by atoms with Gasteiger partial charge in [0.05, 0.1) is 0 Å². The Morgan fingerprint density at radius 3 is 2.92 bits per heavy atom. The first-order valence-electron chi connectivity index (χ1n) is 7.22. The fraction of sp³-hybridized carbons (Fsp3) is 0.267. The smallest absolute Gasteiger partial charge is 0.354 e. The maximum atomic E-state index is 13.3. The number of nitrogens with zero attached hydrogens (tertiary/aromatic N) is 4. The van der Waals surface area contributed by atoms with E-state index in [0.29, 0.717) is 18.4 Å². The molecule has 0 radical (unpaired) electrons. The van der Waals surface area contributed by atoms with Crippen LogP contribution in [0.25, 0.3) is 5.78 Å². The van der Waals surface area contributed by atoms with Crippen molar-refractivity contribution in [1.82, 2.24) is 24.9 Å². The molecule has 0 aromatic carbocycles. The van der Waals surface area contributed by atoms with E-state index in [1.807, 2.05) is 0 Å². The summed E-state index contributed by atoms with van der Waals surface area (Å²) in [6, 6.07) is 1.14. The highest BCUT2D eigenvalue weighted by Gasteiger charge is 2.18. The van der Waals surface area contributed by atoms with Crippen molar-refractivity contribution >= 4 is 17.7 Å². The summed E-state index contributed by atoms with van der Waals surface area (Å²) in [5.41, 5.74) is 1.18. The van der Waals surface area contributed by atoms with Gasteiger partial charge in [-0.2, -0.15) is 14.6 Å². The van der Waals surface area contributed by atoms with Crippen LogP contribution in [0.15, 0.2) is 35.4 Å². The van der Waals surface area contributed by atoms with Gasteiger partial charge in [-0.05, 0) is 18.9 Å². The lowest BCUT2D eigenvalue weighted by Gasteiger charge is -2.14. The first kappa shape index (κ1) is 15.8. The molecule has 0 fully saturated rings. The molecule has 0 atom stereocenters. The van der Waals surface area contributed by atoms with Crippen LogP contribution in [0.1, 0.15) is 40.7 Å². The lowest BCUT2D eigenvalue weighted by Crippen LogP contribution is -2.28. The minimum Gasteiger partial charge on any atom is -0.477 e. The molecule has 2 heterocycles. The highest BCUT2D eigenvalue weighted by molar-refractivity contribution is 5.95. The number of carbonyl (C=O) groups excluding carboxylic acids is 1. The fourth-order valence-electron chi connectivity index (χ4n) is 2.43. The fourth-order valence-corrected chi connectivity index (χ4v) is 2.43. The summed E-state index contributed by atoms with van der Waals surface area (Å²) in [5.74, 6) is -1.89. The monoisotopic (exact) mass is 331 g/mol. The van der Waals surface area contributed by atoms with Gasteiger partial charge < -0.3 is 10.4 Å². The highest BCUT2D eigenvalue weighted by Crippen LogP contribution is 2.24. The minimum atomic E-state index is -1.24. The van der Waals surface area contributed by atoms with E-state index < -0.39 is 11.9 Å². The predicted molar refractivity (Wildman–Crippen MR) is 81.2 cm³/mol. The Kier molecular flexibility index (Phi) is 4.07. The van der Waals surface area contributed by atoms with E-state index in [0.717, 1.165) is 22.5 Å². The summed E-state index contributed by atoms with van der Waals surface area (Å²) in [6.45, 7) is 1.92. The summed E-state index contributed by atoms with van der Waals surface area (Å²) in [4.78, 5) is 31.3. The van der Waals surface area contributed by atoms with E-state index in [1.165, 1.54) is 0 Å². The largest absolute Gasteiger partial charge is 0.477 e. The molecule has 1 aliphatic carbocycles. The summed E-state index contributed by atoms with van der Waals surface area (Å²) in [5, 5.41) is 15.6. The van der Waals surface area contributed by atoms with E-state index in [9.17, 15) is 19.1 Å². The molecule has 8 nitrogen and oxygen atoms in total. The van der Waals surface area contributed by atoms with Crippen LogP contribution in [-0.2, 0) is 0 Å². The van der Waals surface area contributed by atoms with E-state index in [2.05, 4.69) is 20.4 Å². The SMILES string of the molecule is CC1=C(F)CCC(CNC(=O)c2cc(C(=O)O)n3ncnc3n2)=C1. The Bertz CT molecular complexity index is 900. The van der Waals surface area contributed by atoms with Gasteiger partial charge in [0.1, 0.15) is 17.8 Å². The van der Waals surface area contributed by atoms with Crippen LogP contribution in [0, 0.1) is 0 Å². The maximum absolute atomic E-state index is 13.3. The van der Waals surface area contributed by atoms with Gasteiger partial charge in [-0.3, -0.25) is 4.79 Å². The summed E-state index contributed by atoms with van der Waals surface area (Å²) in [7, 11) is 0. The second-order valence-electron chi connectivity index (χ2n) is 5.38. The number of amides is 1. The Hall–Kier alpha value is -3.10. The molecule has 2 aromatic heterocycles. The number of fused-ring (bicyclic) bond motifs is 1. The van der Waals surface area contributed by atoms with Gasteiger partial charge in [-0.1, -0.05) is 11.6 Å². The van der Waals surface area contributed by atoms with Gasteiger partial charge in [-0.25, -0.2) is 14.2 Å². The Labute approximate surface area is 135 Å². The molecule has 9 heteroatoms. The number of halogens is 1. The van der Waals surface area contributed by atoms with E-state index in [-0.39, 0.29) is 29.5 Å². The van der Waals surface area contributed by atoms with Crippen LogP contribution in [0.5, 0.6) is 0 Å². The number of aromatic carboxylic acids is 1. The molecule has 1 amide bonds. The Morgan fingerprint density at radius 1 is 1.42 bits per heavy atom. The molecule has 124 valence electrons. The maximum Gasteiger partial charge on any atom is 0.354 e. The lowest BCUT2D eigenvalue weighted by atomic mass is 9.99. The van der Waals surface area contributed by atoms with Crippen molar-refractivity contribution in [1.29, 1.82) is 0 Å². The van der Waals surface area contributed by atoms with Crippen molar-refractivity contribution in [2.24, 2.45) is 0 Å². The highest BCUT2D eigenvalue weighted by atomic mass is 19.1. The molecule has 24 heavy (non-hydrogen) atoms. The first-order valence-corrected chi connectivity index (χ1v) is 7.22. The molecule has 0 bridgehead atoms. The second kappa shape index (κ2) is 6.19. The second-order valence-corrected chi connectivity index (χ2v) is 5.38. The normalized spacial score (nSPS) is 14.7. The molecule has 2 N–H and O–H groups in total. The molecule has 0 aliphatic heterocycles. The Morgan fingerprint density at radius 2 is 2.21 bits per heavy atom. The van der Waals surface area contributed by atoms with Crippen molar-refractivity contribution in [2.45, 2.75) is 19.8 Å². The summed E-state index contributed by atoms with van der Waals surface area (Å²) < 4.78 is 14.4. The summed E-state index contributed by atoms with van der Waals surface area (Å²) in [6.07, 6.45) is 3.71. The van der Waals surface area contributed by atoms with Crippen LogP contribution in [0.2, 0.25) is 0 Å². The number of hydrogen-bond donors (Lipinski definition) is 2. The van der Waals surface area contributed by atoms with Gasteiger partial charge in [0, 0.05) is 19.0 Å². The van der Waals surface area contributed by atoms with Crippen molar-refractivity contribution in [3.63, 3.8) is 0 Å². The van der Waals surface area contributed by atoms with E-state index in [1.54, 1.807) is 13.0 Å². The average molecular weight is 331 g/mol. The molecule has 0 saturated heterocycles. The van der Waals surface area contributed by atoms with Gasteiger partial charge >= 0.3 is 5.97 Å². The third kappa shape index (κ3) is 3.00. The van der Waals surface area contributed by atoms with Gasteiger partial charge in [0.15, 0.2) is 5.69 Å². The molecular weight excluding hydrogens is 317 g/mol. The quantitative estimate of drug-likeness (QED) is 0.879. The van der Waals surface area contributed by atoms with Crippen LogP contribution in [0.3, 0.4) is 0 Å². The summed E-state index contributed by atoms with van der Waals surface area (Å²) >= 11 is 0. The van der Waals surface area contributed by atoms with Crippen molar-refractivity contribution in [2.75, 3.05) is 6.54 Å². The number of carboxylic acids is 1. The molecule has 1 aliphatic rings. The third-order valence-electron chi connectivity index (χ3n) is 3.69. The number of carbonyl (C=O) groups is 2. The van der Waals surface area contributed by atoms with Crippen LogP contribution in [0.4, 0.5) is 4.39 Å². The van der Waals surface area contributed by atoms with Crippen LogP contribution in [-0.4, -0.2) is 43.1 Å². The zero-order valence-electron chi connectivity index (χ0n) is 12.8. The van der Waals surface area contributed by atoms with Crippen molar-refractivity contribution in [3.8, 4) is 0 Å². The van der Waals surface area contributed by atoms with Gasteiger partial charge in [0.25, 0.3) is 11.7 Å². The third-order valence-corrected chi connectivity index (χ3v) is 3.69. The molecular formula is C15H14FN5O3. The zero-order valence-corrected chi connectivity index (χ0v) is 12.8. The van der Waals surface area contributed by atoms with Crippen LogP contribution < -0.4 is 5.32 Å². The Balaban J connectivity index is 1.79. The predicted octanol–water partition coefficient (Wildman–Crippen LogP) is 1.52. The average Bonchev–Trinajstić information content (AvgIpc) is 3.03. The van der Waals surface area contributed by atoms with Gasteiger partial charge in [-0.15, -0.1) is 0 Å². The first-order chi connectivity index (χ1) is 11.5. The number of hydrogen-bond acceptors (Lipinski definition) is 5. The van der Waals surface area contributed by atoms with E-state index >= 15 is 0 Å². The topological polar surface area (TPSA) is 109 Å². The number of carboxylic acid groups (broad SMARTS) is 1. The van der Waals surface area contributed by atoms with Crippen molar-refractivity contribution < 1.29 is 19.1 Å². The zero-order chi connectivity index (χ0) is 17.3. The standard InChI is InChI=1S/C15H14FN5O3/c1-8-4-9(2-3-10(8)16)6-17-13(22)11-5-12(14(23)24)21-15(20-11)18-7-19-21/h4-5,7H,2-3,6H2,1H3,(H,17,22)(H,23,24). The number of rotatable bonds is 4. The molecule has 3 rings (SSSR count). The lowest BCUT2D eigenvalue weighted by molar-refractivity contribution is 0.0687. The number of allylic oxidation sites excluding steroid dienone is 3. The van der Waals surface area contributed by atoms with E-state index in [4.69, 9.17) is 0 Å². The molecule has 0 saturated carbocycles.